The molecule has 1 aliphatic rings. The molecular formula is C15H16F2N2O3. The lowest BCUT2D eigenvalue weighted by Gasteiger charge is -2.28. The molecule has 0 radical (unpaired) electrons. The lowest BCUT2D eigenvalue weighted by molar-refractivity contribution is -0.124. The highest BCUT2D eigenvalue weighted by molar-refractivity contribution is 5.97. The quantitative estimate of drug-likeness (QED) is 0.878. The van der Waals surface area contributed by atoms with Crippen LogP contribution in [0.25, 0.3) is 0 Å². The first-order valence-electron chi connectivity index (χ1n) is 6.95. The summed E-state index contributed by atoms with van der Waals surface area (Å²) in [5.41, 5.74) is 5.18. The van der Waals surface area contributed by atoms with E-state index < -0.39 is 29.5 Å². The molecule has 1 aliphatic carbocycles. The zero-order valence-corrected chi connectivity index (χ0v) is 11.8. The fourth-order valence-electron chi connectivity index (χ4n) is 2.63. The fraction of sp³-hybridized carbons (Fsp3) is 0.400. The van der Waals surface area contributed by atoms with Crippen LogP contribution in [-0.2, 0) is 9.59 Å². The highest BCUT2D eigenvalue weighted by Crippen LogP contribution is 2.24. The largest absolute Gasteiger partial charge is 0.368 e. The van der Waals surface area contributed by atoms with E-state index >= 15 is 0 Å². The van der Waals surface area contributed by atoms with Crippen LogP contribution in [0.5, 0.6) is 0 Å². The Balaban J connectivity index is 2.13. The van der Waals surface area contributed by atoms with Crippen molar-refractivity contribution in [2.24, 2.45) is 11.7 Å². The molecule has 0 aromatic heterocycles. The molecule has 0 saturated heterocycles. The number of hydrogen-bond donors (Lipinski definition) is 2. The third-order valence-electron chi connectivity index (χ3n) is 3.77. The summed E-state index contributed by atoms with van der Waals surface area (Å²) >= 11 is 0. The maximum absolute atomic E-state index is 13.2. The first kappa shape index (κ1) is 16.1. The van der Waals surface area contributed by atoms with Crippen LogP contribution in [0.15, 0.2) is 18.2 Å². The van der Waals surface area contributed by atoms with Gasteiger partial charge >= 0.3 is 0 Å². The summed E-state index contributed by atoms with van der Waals surface area (Å²) in [5, 5.41) is 2.41. The van der Waals surface area contributed by atoms with Gasteiger partial charge in [0.05, 0.1) is 0 Å². The van der Waals surface area contributed by atoms with Crippen molar-refractivity contribution in [3.05, 3.63) is 35.4 Å². The number of nitrogens with one attached hydrogen (secondary N) is 1. The predicted octanol–water partition coefficient (Wildman–Crippen LogP) is 1.31. The van der Waals surface area contributed by atoms with Crippen LogP contribution in [0.1, 0.15) is 36.0 Å². The Kier molecular flexibility index (Phi) is 4.85. The second-order valence-electron chi connectivity index (χ2n) is 5.38. The van der Waals surface area contributed by atoms with E-state index in [-0.39, 0.29) is 23.7 Å². The van der Waals surface area contributed by atoms with Crippen LogP contribution in [0.3, 0.4) is 0 Å². The molecule has 1 fully saturated rings. The third kappa shape index (κ3) is 3.66. The Morgan fingerprint density at radius 2 is 2.00 bits per heavy atom. The molecule has 0 heterocycles. The van der Waals surface area contributed by atoms with Gasteiger partial charge in [-0.25, -0.2) is 8.78 Å². The lowest BCUT2D eigenvalue weighted by atomic mass is 9.82. The smallest absolute Gasteiger partial charge is 0.252 e. The van der Waals surface area contributed by atoms with E-state index in [1.165, 1.54) is 0 Å². The first-order chi connectivity index (χ1) is 10.4. The van der Waals surface area contributed by atoms with Crippen LogP contribution in [0, 0.1) is 17.6 Å². The number of Topliss-reactive ketones (excluding diaryl/α,β-unsaturated/α-hetero) is 1. The minimum absolute atomic E-state index is 0.0181. The Morgan fingerprint density at radius 1 is 1.27 bits per heavy atom. The molecule has 0 unspecified atom stereocenters. The maximum atomic E-state index is 13.2. The van der Waals surface area contributed by atoms with Crippen molar-refractivity contribution in [1.29, 1.82) is 0 Å². The molecule has 3 N–H and O–H groups in total. The molecule has 0 aliphatic heterocycles. The van der Waals surface area contributed by atoms with Crippen LogP contribution < -0.4 is 11.1 Å². The number of amides is 2. The number of rotatable bonds is 4. The van der Waals surface area contributed by atoms with Gasteiger partial charge in [-0.15, -0.1) is 0 Å². The molecule has 118 valence electrons. The Labute approximate surface area is 125 Å². The molecule has 5 nitrogen and oxygen atoms in total. The molecule has 22 heavy (non-hydrogen) atoms. The van der Waals surface area contributed by atoms with E-state index in [1.54, 1.807) is 0 Å². The lowest BCUT2D eigenvalue weighted by Crippen LogP contribution is -2.50. The summed E-state index contributed by atoms with van der Waals surface area (Å²) < 4.78 is 26.0. The maximum Gasteiger partial charge on any atom is 0.252 e. The Bertz CT molecular complexity index is 619. The van der Waals surface area contributed by atoms with Crippen LogP contribution in [0.2, 0.25) is 0 Å². The number of carbonyl (C=O) groups is 3. The van der Waals surface area contributed by atoms with Gasteiger partial charge in [-0.2, -0.15) is 0 Å². The van der Waals surface area contributed by atoms with Crippen LogP contribution in [-0.4, -0.2) is 23.6 Å². The van der Waals surface area contributed by atoms with E-state index in [4.69, 9.17) is 5.73 Å². The zero-order chi connectivity index (χ0) is 16.3. The summed E-state index contributed by atoms with van der Waals surface area (Å²) in [5.74, 6) is -4.06. The number of primary amides is 1. The van der Waals surface area contributed by atoms with Gasteiger partial charge < -0.3 is 11.1 Å². The monoisotopic (exact) mass is 310 g/mol. The fourth-order valence-corrected chi connectivity index (χ4v) is 2.63. The molecule has 1 aromatic carbocycles. The molecule has 1 saturated carbocycles. The van der Waals surface area contributed by atoms with E-state index in [0.717, 1.165) is 18.2 Å². The third-order valence-corrected chi connectivity index (χ3v) is 3.77. The summed E-state index contributed by atoms with van der Waals surface area (Å²) in [6.45, 7) is 0. The number of hydrogen-bond acceptors (Lipinski definition) is 3. The zero-order valence-electron chi connectivity index (χ0n) is 11.8. The number of halogens is 2. The van der Waals surface area contributed by atoms with E-state index in [9.17, 15) is 23.2 Å². The molecule has 7 heteroatoms. The average Bonchev–Trinajstić information content (AvgIpc) is 2.47. The number of carbonyl (C=O) groups excluding carboxylic acids is 3. The molecule has 1 aromatic rings. The second kappa shape index (κ2) is 6.64. The van der Waals surface area contributed by atoms with Crippen molar-refractivity contribution in [3.63, 3.8) is 0 Å². The van der Waals surface area contributed by atoms with Crippen molar-refractivity contribution in [2.75, 3.05) is 0 Å². The van der Waals surface area contributed by atoms with Gasteiger partial charge in [-0.3, -0.25) is 14.4 Å². The summed E-state index contributed by atoms with van der Waals surface area (Å²) in [7, 11) is 0. The molecule has 2 atom stereocenters. The second-order valence-corrected chi connectivity index (χ2v) is 5.38. The topological polar surface area (TPSA) is 89.3 Å². The number of benzene rings is 1. The molecule has 2 rings (SSSR count). The minimum Gasteiger partial charge on any atom is -0.368 e. The number of ketones is 1. The Hall–Kier alpha value is -2.31. The van der Waals surface area contributed by atoms with E-state index in [0.29, 0.717) is 19.3 Å². The normalized spacial score (nSPS) is 19.5. The van der Waals surface area contributed by atoms with Gasteiger partial charge in [0.2, 0.25) is 5.91 Å². The standard InChI is InChI=1S/C15H16F2N2O3/c16-11-5-4-9(7-12(11)17)15(22)19-13(14(18)21)8-2-1-3-10(20)6-8/h4-5,7-8,13H,1-3,6H2,(H2,18,21)(H,19,22)/t8-,13-/m1/s1. The SMILES string of the molecule is NC(=O)[C@H](NC(=O)c1ccc(F)c(F)c1)[C@@H]1CCCC(=O)C1. The number of nitrogens with two attached hydrogens (primary N) is 1. The average molecular weight is 310 g/mol. The van der Waals surface area contributed by atoms with Crippen molar-refractivity contribution in [3.8, 4) is 0 Å². The van der Waals surface area contributed by atoms with Crippen molar-refractivity contribution in [1.82, 2.24) is 5.32 Å². The van der Waals surface area contributed by atoms with Gasteiger partial charge in [-0.1, -0.05) is 0 Å². The van der Waals surface area contributed by atoms with Gasteiger partial charge in [0.15, 0.2) is 11.6 Å². The van der Waals surface area contributed by atoms with Crippen molar-refractivity contribution >= 4 is 17.6 Å². The first-order valence-corrected chi connectivity index (χ1v) is 6.95. The highest BCUT2D eigenvalue weighted by Gasteiger charge is 2.32. The van der Waals surface area contributed by atoms with Crippen LogP contribution in [0.4, 0.5) is 8.78 Å². The summed E-state index contributed by atoms with van der Waals surface area (Å²) in [4.78, 5) is 35.1. The molecular weight excluding hydrogens is 294 g/mol. The van der Waals surface area contributed by atoms with Crippen molar-refractivity contribution < 1.29 is 23.2 Å². The van der Waals surface area contributed by atoms with E-state index in [2.05, 4.69) is 5.32 Å². The molecule has 2 amide bonds. The van der Waals surface area contributed by atoms with Gasteiger partial charge in [0.1, 0.15) is 11.8 Å². The minimum atomic E-state index is -1.16. The van der Waals surface area contributed by atoms with E-state index in [1.807, 2.05) is 0 Å². The van der Waals surface area contributed by atoms with Crippen LogP contribution >= 0.6 is 0 Å². The van der Waals surface area contributed by atoms with Gasteiger partial charge in [0.25, 0.3) is 5.91 Å². The Morgan fingerprint density at radius 3 is 2.59 bits per heavy atom. The summed E-state index contributed by atoms with van der Waals surface area (Å²) in [6, 6.07) is 1.67. The molecule has 0 spiro atoms. The highest BCUT2D eigenvalue weighted by atomic mass is 19.2. The van der Waals surface area contributed by atoms with Gasteiger partial charge in [0, 0.05) is 18.4 Å². The predicted molar refractivity (Wildman–Crippen MR) is 73.8 cm³/mol. The summed E-state index contributed by atoms with van der Waals surface area (Å²) in [6.07, 6.45) is 1.86. The van der Waals surface area contributed by atoms with Crippen molar-refractivity contribution in [2.45, 2.75) is 31.7 Å². The van der Waals surface area contributed by atoms with Gasteiger partial charge in [-0.05, 0) is 37.0 Å². The molecule has 0 bridgehead atoms.